The van der Waals surface area contributed by atoms with Crippen LogP contribution in [0, 0.1) is 5.41 Å². The van der Waals surface area contributed by atoms with Crippen molar-refractivity contribution in [3.8, 4) is 0 Å². The summed E-state index contributed by atoms with van der Waals surface area (Å²) in [7, 11) is 0. The van der Waals surface area contributed by atoms with Crippen molar-refractivity contribution in [2.45, 2.75) is 0 Å². The summed E-state index contributed by atoms with van der Waals surface area (Å²) in [5.41, 5.74) is 12.9. The number of nitrogens with two attached hydrogens (primary N) is 2. The van der Waals surface area contributed by atoms with Crippen LogP contribution < -0.4 is 11.5 Å². The van der Waals surface area contributed by atoms with E-state index in [1.165, 1.54) is 12.3 Å². The molecule has 0 aliphatic carbocycles. The number of aliphatic imine (C=N–C) groups is 1. The number of hydrogen-bond donors (Lipinski definition) is 3. The summed E-state index contributed by atoms with van der Waals surface area (Å²) >= 11 is 0. The first-order valence-corrected chi connectivity index (χ1v) is 4.04. The maximum absolute atomic E-state index is 7.10. The first-order valence-electron chi connectivity index (χ1n) is 4.04. The molecule has 0 aliphatic heterocycles. The highest BCUT2D eigenvalue weighted by Gasteiger charge is 1.97. The van der Waals surface area contributed by atoms with E-state index in [4.69, 9.17) is 16.9 Å². The smallest absolute Gasteiger partial charge is 0.123 e. The molecule has 0 aromatic heterocycles. The third-order valence-corrected chi connectivity index (χ3v) is 1.69. The first-order chi connectivity index (χ1) is 6.67. The normalized spacial score (nSPS) is 11.0. The topological polar surface area (TPSA) is 88.2 Å². The molecule has 0 saturated carbocycles. The van der Waals surface area contributed by atoms with Gasteiger partial charge in [-0.05, 0) is 24.3 Å². The molecule has 0 unspecified atom stereocenters. The van der Waals surface area contributed by atoms with E-state index >= 15 is 0 Å². The van der Waals surface area contributed by atoms with Gasteiger partial charge in [0.25, 0.3) is 0 Å². The van der Waals surface area contributed by atoms with Gasteiger partial charge in [0.15, 0.2) is 0 Å². The van der Waals surface area contributed by atoms with Crippen molar-refractivity contribution < 1.29 is 0 Å². The minimum Gasteiger partial charge on any atom is -0.398 e. The molecule has 0 amide bonds. The van der Waals surface area contributed by atoms with Crippen molar-refractivity contribution in [1.29, 1.82) is 5.41 Å². The summed E-state index contributed by atoms with van der Waals surface area (Å²) in [6.45, 7) is 3.49. The van der Waals surface area contributed by atoms with Crippen molar-refractivity contribution >= 4 is 23.4 Å². The zero-order valence-electron chi connectivity index (χ0n) is 7.70. The summed E-state index contributed by atoms with van der Waals surface area (Å²) in [5, 5.41) is 7.10. The van der Waals surface area contributed by atoms with Crippen molar-refractivity contribution in [2.24, 2.45) is 10.7 Å². The third kappa shape index (κ3) is 2.20. The molecule has 72 valence electrons. The number of benzene rings is 1. The van der Waals surface area contributed by atoms with E-state index in [9.17, 15) is 0 Å². The highest BCUT2D eigenvalue weighted by molar-refractivity contribution is 5.93. The second-order valence-electron chi connectivity index (χ2n) is 2.70. The summed E-state index contributed by atoms with van der Waals surface area (Å²) in [4.78, 5) is 4.04. The lowest BCUT2D eigenvalue weighted by Gasteiger charge is -2.00. The van der Waals surface area contributed by atoms with Crippen LogP contribution in [-0.2, 0) is 0 Å². The Labute approximate surface area is 82.5 Å². The van der Waals surface area contributed by atoms with Gasteiger partial charge in [-0.15, -0.1) is 0 Å². The Morgan fingerprint density at radius 1 is 1.50 bits per heavy atom. The van der Waals surface area contributed by atoms with Crippen LogP contribution >= 0.6 is 0 Å². The molecule has 5 N–H and O–H groups in total. The number of anilines is 1. The van der Waals surface area contributed by atoms with Gasteiger partial charge < -0.3 is 16.9 Å². The Morgan fingerprint density at radius 3 is 2.79 bits per heavy atom. The summed E-state index contributed by atoms with van der Waals surface area (Å²) in [6.07, 6.45) is 2.64. The fraction of sp³-hybridized carbons (Fsp3) is 0. The van der Waals surface area contributed by atoms with Gasteiger partial charge in [-0.25, -0.2) is 4.99 Å². The summed E-state index contributed by atoms with van der Waals surface area (Å²) < 4.78 is 0. The highest BCUT2D eigenvalue weighted by Crippen LogP contribution is 2.18. The van der Waals surface area contributed by atoms with Crippen LogP contribution in [0.1, 0.15) is 5.56 Å². The van der Waals surface area contributed by atoms with Crippen LogP contribution in [0.5, 0.6) is 0 Å². The molecular weight excluding hydrogens is 176 g/mol. The second-order valence-corrected chi connectivity index (χ2v) is 2.70. The van der Waals surface area contributed by atoms with E-state index in [0.29, 0.717) is 22.8 Å². The molecule has 0 heterocycles. The average Bonchev–Trinajstić information content (AvgIpc) is 2.20. The molecular formula is C10H12N4. The average molecular weight is 188 g/mol. The number of rotatable bonds is 3. The number of nitrogens with zero attached hydrogens (tertiary/aromatic N) is 1. The molecule has 1 aromatic carbocycles. The van der Waals surface area contributed by atoms with Gasteiger partial charge in [0.05, 0.1) is 5.69 Å². The monoisotopic (exact) mass is 188 g/mol. The Morgan fingerprint density at radius 2 is 2.21 bits per heavy atom. The first kappa shape index (κ1) is 9.98. The molecule has 0 spiro atoms. The molecule has 0 atom stereocenters. The fourth-order valence-corrected chi connectivity index (χ4v) is 0.951. The molecule has 0 fully saturated rings. The van der Waals surface area contributed by atoms with Crippen LogP contribution in [-0.4, -0.2) is 12.1 Å². The Balaban J connectivity index is 3.13. The van der Waals surface area contributed by atoms with E-state index in [1.807, 2.05) is 0 Å². The molecule has 4 nitrogen and oxygen atoms in total. The van der Waals surface area contributed by atoms with Crippen molar-refractivity contribution in [1.82, 2.24) is 0 Å². The van der Waals surface area contributed by atoms with Gasteiger partial charge in [-0.1, -0.05) is 6.58 Å². The fourth-order valence-electron chi connectivity index (χ4n) is 0.951. The molecule has 0 bridgehead atoms. The molecule has 0 radical (unpaired) electrons. The van der Waals surface area contributed by atoms with Crippen molar-refractivity contribution in [3.63, 3.8) is 0 Å². The van der Waals surface area contributed by atoms with Gasteiger partial charge in [0.2, 0.25) is 0 Å². The van der Waals surface area contributed by atoms with E-state index < -0.39 is 0 Å². The standard InChI is InChI=1S/C10H12N4/c1-2-10(13)14-8-3-4-9(12)7(5-8)6-11/h2-6,11H,1,12H2,(H2,13,14). The zero-order chi connectivity index (χ0) is 10.6. The van der Waals surface area contributed by atoms with E-state index in [2.05, 4.69) is 11.6 Å². The predicted octanol–water partition coefficient (Wildman–Crippen LogP) is 1.44. The quantitative estimate of drug-likeness (QED) is 0.380. The molecule has 0 aliphatic rings. The van der Waals surface area contributed by atoms with E-state index in [1.54, 1.807) is 18.2 Å². The summed E-state index contributed by atoms with van der Waals surface area (Å²) in [5.74, 6) is 0.339. The molecule has 4 heteroatoms. The van der Waals surface area contributed by atoms with Gasteiger partial charge in [0, 0.05) is 17.5 Å². The van der Waals surface area contributed by atoms with Crippen molar-refractivity contribution in [2.75, 3.05) is 5.73 Å². The van der Waals surface area contributed by atoms with Crippen LogP contribution in [0.15, 0.2) is 35.8 Å². The second kappa shape index (κ2) is 4.23. The van der Waals surface area contributed by atoms with E-state index in [-0.39, 0.29) is 0 Å². The van der Waals surface area contributed by atoms with Crippen LogP contribution in [0.4, 0.5) is 11.4 Å². The Hall–Kier alpha value is -2.10. The largest absolute Gasteiger partial charge is 0.398 e. The minimum atomic E-state index is 0.339. The maximum Gasteiger partial charge on any atom is 0.123 e. The maximum atomic E-state index is 7.10. The number of nitrogen functional groups attached to an aromatic ring is 1. The Kier molecular flexibility index (Phi) is 3.01. The van der Waals surface area contributed by atoms with Gasteiger partial charge in [0.1, 0.15) is 5.84 Å². The minimum absolute atomic E-state index is 0.339. The van der Waals surface area contributed by atoms with Crippen LogP contribution in [0.2, 0.25) is 0 Å². The number of hydrogen-bond acceptors (Lipinski definition) is 3. The zero-order valence-corrected chi connectivity index (χ0v) is 7.70. The van der Waals surface area contributed by atoms with Gasteiger partial charge in [-0.3, -0.25) is 0 Å². The molecule has 0 saturated heterocycles. The van der Waals surface area contributed by atoms with Crippen molar-refractivity contribution in [3.05, 3.63) is 36.4 Å². The lowest BCUT2D eigenvalue weighted by atomic mass is 10.2. The number of amidine groups is 1. The van der Waals surface area contributed by atoms with Gasteiger partial charge in [-0.2, -0.15) is 0 Å². The third-order valence-electron chi connectivity index (χ3n) is 1.69. The van der Waals surface area contributed by atoms with Gasteiger partial charge >= 0.3 is 0 Å². The molecule has 14 heavy (non-hydrogen) atoms. The molecule has 1 rings (SSSR count). The highest BCUT2D eigenvalue weighted by atomic mass is 14.8. The lowest BCUT2D eigenvalue weighted by molar-refractivity contribution is 1.46. The SMILES string of the molecule is C=CC(N)=Nc1ccc(N)c(C=N)c1. The predicted molar refractivity (Wildman–Crippen MR) is 60.2 cm³/mol. The lowest BCUT2D eigenvalue weighted by Crippen LogP contribution is -2.05. The summed E-state index contributed by atoms with van der Waals surface area (Å²) in [6, 6.07) is 5.12. The van der Waals surface area contributed by atoms with Crippen LogP contribution in [0.3, 0.4) is 0 Å². The van der Waals surface area contributed by atoms with Crippen LogP contribution in [0.25, 0.3) is 0 Å². The number of nitrogens with one attached hydrogen (secondary N) is 1. The van der Waals surface area contributed by atoms with E-state index in [0.717, 1.165) is 0 Å². The molecule has 1 aromatic rings. The Bertz CT molecular complexity index is 393.